The maximum atomic E-state index is 13.7. The molecule has 0 saturated carbocycles. The number of non-ortho nitro benzene ring substituents is 1. The van der Waals surface area contributed by atoms with Crippen LogP contribution in [0.2, 0.25) is 0 Å². The molecule has 0 bridgehead atoms. The van der Waals surface area contributed by atoms with Gasteiger partial charge in [-0.3, -0.25) is 19.5 Å². The molecule has 1 aliphatic carbocycles. The Balaban J connectivity index is 1.71. The first kappa shape index (κ1) is 22.1. The van der Waals surface area contributed by atoms with E-state index in [1.807, 2.05) is 6.92 Å². The molecule has 9 heteroatoms. The van der Waals surface area contributed by atoms with Crippen molar-refractivity contribution in [1.29, 1.82) is 0 Å². The van der Waals surface area contributed by atoms with E-state index in [0.717, 1.165) is 36.8 Å². The van der Waals surface area contributed by atoms with Gasteiger partial charge in [0.15, 0.2) is 0 Å². The molecule has 0 N–H and O–H groups in total. The third kappa shape index (κ3) is 3.81. The Hall–Kier alpha value is -3.72. The van der Waals surface area contributed by atoms with Crippen molar-refractivity contribution >= 4 is 27.2 Å². The lowest BCUT2D eigenvalue weighted by Gasteiger charge is -2.14. The predicted octanol–water partition coefficient (Wildman–Crippen LogP) is 4.45. The number of fused-ring (bicyclic) bond motifs is 3. The van der Waals surface area contributed by atoms with Gasteiger partial charge in [0.25, 0.3) is 11.2 Å². The van der Waals surface area contributed by atoms with Crippen molar-refractivity contribution in [2.45, 2.75) is 39.2 Å². The molecule has 0 atom stereocenters. The average molecular weight is 478 g/mol. The van der Waals surface area contributed by atoms with E-state index in [4.69, 9.17) is 4.74 Å². The zero-order valence-corrected chi connectivity index (χ0v) is 19.5. The Kier molecular flexibility index (Phi) is 5.79. The van der Waals surface area contributed by atoms with Crippen LogP contribution < -0.4 is 16.0 Å². The van der Waals surface area contributed by atoms with Gasteiger partial charge in [-0.05, 0) is 68.0 Å². The van der Waals surface area contributed by atoms with E-state index in [2.05, 4.69) is 0 Å². The molecule has 0 aliphatic heterocycles. The first-order valence-electron chi connectivity index (χ1n) is 11.2. The fraction of sp³-hybridized carbons (Fsp3) is 0.280. The number of benzene rings is 2. The molecule has 2 aromatic carbocycles. The number of nitrogens with zero attached hydrogens (tertiary/aromatic N) is 3. The maximum absolute atomic E-state index is 13.7. The molecule has 174 valence electrons. The van der Waals surface area contributed by atoms with Gasteiger partial charge in [-0.15, -0.1) is 11.3 Å². The monoisotopic (exact) mass is 477 g/mol. The molecule has 4 aromatic rings. The molecule has 8 nitrogen and oxygen atoms in total. The standard InChI is InChI=1S/C25H23N3O5S/c1-2-33-19-13-11-17(12-14-19)27-23(29)22-20-5-3-4-6-21(20)34-24(22)26(25(27)30)15-16-7-9-18(10-8-16)28(31)32/h7-14H,2-6,15H2,1H3. The van der Waals surface area contributed by atoms with E-state index in [-0.39, 0.29) is 17.8 Å². The van der Waals surface area contributed by atoms with Crippen LogP contribution in [0.4, 0.5) is 5.69 Å². The molecule has 5 rings (SSSR count). The van der Waals surface area contributed by atoms with Crippen LogP contribution in [-0.4, -0.2) is 20.7 Å². The first-order valence-corrected chi connectivity index (χ1v) is 12.1. The van der Waals surface area contributed by atoms with Crippen molar-refractivity contribution in [3.05, 3.63) is 95.5 Å². The quantitative estimate of drug-likeness (QED) is 0.302. The molecule has 0 amide bonds. The van der Waals surface area contributed by atoms with Crippen molar-refractivity contribution < 1.29 is 9.66 Å². The predicted molar refractivity (Wildman–Crippen MR) is 132 cm³/mol. The summed E-state index contributed by atoms with van der Waals surface area (Å²) in [6.07, 6.45) is 3.81. The Bertz CT molecular complexity index is 1500. The van der Waals surface area contributed by atoms with E-state index < -0.39 is 10.6 Å². The van der Waals surface area contributed by atoms with Crippen LogP contribution in [-0.2, 0) is 19.4 Å². The fourth-order valence-corrected chi connectivity index (χ4v) is 5.87. The molecule has 2 heterocycles. The van der Waals surface area contributed by atoms with E-state index in [9.17, 15) is 19.7 Å². The summed E-state index contributed by atoms with van der Waals surface area (Å²) >= 11 is 1.52. The van der Waals surface area contributed by atoms with Gasteiger partial charge in [-0.1, -0.05) is 12.1 Å². The van der Waals surface area contributed by atoms with Crippen LogP contribution >= 0.6 is 11.3 Å². The van der Waals surface area contributed by atoms with Gasteiger partial charge >= 0.3 is 5.69 Å². The van der Waals surface area contributed by atoms with Crippen molar-refractivity contribution in [3.8, 4) is 11.4 Å². The second-order valence-electron chi connectivity index (χ2n) is 8.25. The molecular formula is C25H23N3O5S. The van der Waals surface area contributed by atoms with Gasteiger partial charge < -0.3 is 4.74 Å². The van der Waals surface area contributed by atoms with Gasteiger partial charge in [0.1, 0.15) is 10.6 Å². The molecule has 0 fully saturated rings. The van der Waals surface area contributed by atoms with Crippen molar-refractivity contribution in [2.24, 2.45) is 0 Å². The van der Waals surface area contributed by atoms with Crippen LogP contribution in [0.25, 0.3) is 15.9 Å². The van der Waals surface area contributed by atoms with E-state index in [0.29, 0.717) is 28.3 Å². The highest BCUT2D eigenvalue weighted by atomic mass is 32.1. The second-order valence-corrected chi connectivity index (χ2v) is 9.33. The van der Waals surface area contributed by atoms with Gasteiger partial charge in [-0.2, -0.15) is 0 Å². The molecule has 1 aliphatic rings. The summed E-state index contributed by atoms with van der Waals surface area (Å²) in [5.41, 5.74) is 1.54. The van der Waals surface area contributed by atoms with E-state index in [1.165, 1.54) is 32.9 Å². The highest BCUT2D eigenvalue weighted by Crippen LogP contribution is 2.34. The van der Waals surface area contributed by atoms with Gasteiger partial charge in [0.05, 0.1) is 29.1 Å². The molecule has 0 spiro atoms. The molecule has 0 unspecified atom stereocenters. The smallest absolute Gasteiger partial charge is 0.337 e. The van der Waals surface area contributed by atoms with Crippen LogP contribution in [0.3, 0.4) is 0 Å². The summed E-state index contributed by atoms with van der Waals surface area (Å²) < 4.78 is 8.35. The number of hydrogen-bond donors (Lipinski definition) is 0. The number of aryl methyl sites for hydroxylation is 2. The molecule has 0 saturated heterocycles. The fourth-order valence-electron chi connectivity index (χ4n) is 4.50. The Labute approximate surface area is 198 Å². The van der Waals surface area contributed by atoms with Crippen LogP contribution in [0.5, 0.6) is 5.75 Å². The normalized spacial score (nSPS) is 13.1. The number of hydrogen-bond acceptors (Lipinski definition) is 6. The number of thiophene rings is 1. The summed E-state index contributed by atoms with van der Waals surface area (Å²) in [6, 6.07) is 13.1. The largest absolute Gasteiger partial charge is 0.494 e. The minimum atomic E-state index is -0.451. The molecular weight excluding hydrogens is 454 g/mol. The number of nitro groups is 1. The van der Waals surface area contributed by atoms with Crippen molar-refractivity contribution in [3.63, 3.8) is 0 Å². The third-order valence-electron chi connectivity index (χ3n) is 6.13. The zero-order chi connectivity index (χ0) is 23.8. The lowest BCUT2D eigenvalue weighted by molar-refractivity contribution is -0.384. The minimum Gasteiger partial charge on any atom is -0.494 e. The summed E-state index contributed by atoms with van der Waals surface area (Å²) in [5, 5.41) is 11.6. The van der Waals surface area contributed by atoms with Crippen molar-refractivity contribution in [1.82, 2.24) is 9.13 Å². The van der Waals surface area contributed by atoms with Crippen LogP contribution in [0.15, 0.2) is 58.1 Å². The van der Waals surface area contributed by atoms with Gasteiger partial charge in [-0.25, -0.2) is 9.36 Å². The SMILES string of the molecule is CCOc1ccc(-n2c(=O)c3c4c(sc3n(Cc3ccc([N+](=O)[O-])cc3)c2=O)CCCC4)cc1. The van der Waals surface area contributed by atoms with Gasteiger partial charge in [0.2, 0.25) is 0 Å². The lowest BCUT2D eigenvalue weighted by Crippen LogP contribution is -2.39. The van der Waals surface area contributed by atoms with E-state index >= 15 is 0 Å². The summed E-state index contributed by atoms with van der Waals surface area (Å²) in [5.74, 6) is 0.666. The second kappa shape index (κ2) is 8.90. The number of aromatic nitrogens is 2. The summed E-state index contributed by atoms with van der Waals surface area (Å²) in [4.78, 5) is 39.8. The minimum absolute atomic E-state index is 0.00723. The highest BCUT2D eigenvalue weighted by molar-refractivity contribution is 7.18. The molecule has 0 radical (unpaired) electrons. The average Bonchev–Trinajstić information content (AvgIpc) is 3.23. The van der Waals surface area contributed by atoms with Gasteiger partial charge in [0, 0.05) is 17.0 Å². The summed E-state index contributed by atoms with van der Waals surface area (Å²) in [7, 11) is 0. The number of rotatable bonds is 6. The topological polar surface area (TPSA) is 96.4 Å². The number of ether oxygens (including phenoxy) is 1. The number of nitro benzene ring substituents is 1. The van der Waals surface area contributed by atoms with Crippen LogP contribution in [0.1, 0.15) is 35.8 Å². The summed E-state index contributed by atoms with van der Waals surface area (Å²) in [6.45, 7) is 2.63. The first-order chi connectivity index (χ1) is 16.5. The van der Waals surface area contributed by atoms with Crippen LogP contribution in [0, 0.1) is 10.1 Å². The lowest BCUT2D eigenvalue weighted by atomic mass is 9.97. The Morgan fingerprint density at radius 2 is 1.74 bits per heavy atom. The van der Waals surface area contributed by atoms with E-state index in [1.54, 1.807) is 41.0 Å². The highest BCUT2D eigenvalue weighted by Gasteiger charge is 2.24. The molecule has 2 aromatic heterocycles. The maximum Gasteiger partial charge on any atom is 0.337 e. The molecule has 34 heavy (non-hydrogen) atoms. The zero-order valence-electron chi connectivity index (χ0n) is 18.7. The Morgan fingerprint density at radius 1 is 1.03 bits per heavy atom. The Morgan fingerprint density at radius 3 is 2.41 bits per heavy atom. The third-order valence-corrected chi connectivity index (χ3v) is 7.45. The van der Waals surface area contributed by atoms with Crippen molar-refractivity contribution in [2.75, 3.05) is 6.61 Å².